The minimum absolute atomic E-state index is 0.0566. The van der Waals surface area contributed by atoms with Gasteiger partial charge in [0, 0.05) is 40.9 Å². The molecule has 1 saturated carbocycles. The Kier molecular flexibility index (Phi) is 6.04. The van der Waals surface area contributed by atoms with Crippen LogP contribution in [-0.2, 0) is 4.79 Å². The van der Waals surface area contributed by atoms with Gasteiger partial charge >= 0.3 is 0 Å². The summed E-state index contributed by atoms with van der Waals surface area (Å²) < 4.78 is 11.1. The van der Waals surface area contributed by atoms with E-state index in [-0.39, 0.29) is 24.5 Å². The number of carbonyl (C=O) groups is 2. The predicted molar refractivity (Wildman–Crippen MR) is 132 cm³/mol. The first-order valence-electron chi connectivity index (χ1n) is 12.0. The first kappa shape index (κ1) is 22.5. The largest absolute Gasteiger partial charge is 0.454 e. The van der Waals surface area contributed by atoms with Crippen molar-refractivity contribution < 1.29 is 19.1 Å². The molecule has 1 fully saturated rings. The zero-order chi connectivity index (χ0) is 23.8. The van der Waals surface area contributed by atoms with E-state index in [0.29, 0.717) is 35.1 Å². The van der Waals surface area contributed by atoms with Gasteiger partial charge in [-0.15, -0.1) is 0 Å². The van der Waals surface area contributed by atoms with Crippen molar-refractivity contribution >= 4 is 28.6 Å². The number of nitrogens with one attached hydrogen (secondary N) is 2. The number of hydrogen-bond donors (Lipinski definition) is 2. The fourth-order valence-corrected chi connectivity index (χ4v) is 5.09. The van der Waals surface area contributed by atoms with Crippen molar-refractivity contribution in [3.8, 4) is 11.5 Å². The summed E-state index contributed by atoms with van der Waals surface area (Å²) >= 11 is 0. The van der Waals surface area contributed by atoms with Crippen LogP contribution in [0.25, 0.3) is 11.3 Å². The van der Waals surface area contributed by atoms with E-state index in [2.05, 4.69) is 29.6 Å². The monoisotopic (exact) mass is 461 g/mol. The molecule has 7 nitrogen and oxygen atoms in total. The number of benzene rings is 2. The zero-order valence-electron chi connectivity index (χ0n) is 19.9. The van der Waals surface area contributed by atoms with E-state index in [9.17, 15) is 9.59 Å². The molecule has 178 valence electrons. The van der Waals surface area contributed by atoms with Gasteiger partial charge in [0.25, 0.3) is 5.91 Å². The van der Waals surface area contributed by atoms with Crippen LogP contribution in [0.1, 0.15) is 60.5 Å². The van der Waals surface area contributed by atoms with Gasteiger partial charge in [0.1, 0.15) is 0 Å². The molecule has 34 heavy (non-hydrogen) atoms. The fourth-order valence-electron chi connectivity index (χ4n) is 5.09. The van der Waals surface area contributed by atoms with Crippen LogP contribution in [0.3, 0.4) is 0 Å². The Morgan fingerprint density at radius 3 is 2.50 bits per heavy atom. The Bertz CT molecular complexity index is 1160. The molecular weight excluding hydrogens is 430 g/mol. The molecule has 0 aromatic heterocycles. The number of rotatable bonds is 6. The Hall–Kier alpha value is -3.32. The van der Waals surface area contributed by atoms with E-state index < -0.39 is 0 Å². The molecule has 0 unspecified atom stereocenters. The van der Waals surface area contributed by atoms with E-state index in [1.807, 2.05) is 37.3 Å². The number of hydrogen-bond acceptors (Lipinski definition) is 6. The summed E-state index contributed by atoms with van der Waals surface area (Å²) in [6.45, 7) is 2.04. The highest BCUT2D eigenvalue weighted by molar-refractivity contribution is 6.36. The van der Waals surface area contributed by atoms with Crippen LogP contribution in [-0.4, -0.2) is 49.6 Å². The summed E-state index contributed by atoms with van der Waals surface area (Å²) in [4.78, 5) is 27.9. The van der Waals surface area contributed by atoms with Gasteiger partial charge in [-0.1, -0.05) is 6.92 Å². The Morgan fingerprint density at radius 1 is 1.03 bits per heavy atom. The standard InChI is InChI=1S/C27H31N3O4/c1-4-22(31)16-5-11-21-20(13-16)25(27(32)29-21)26(17-6-12-23-24(14-17)34-15-33-23)28-18-7-9-19(10-8-18)30(2)3/h5-6,11-14,18-19,28H,4,7-10,15H2,1-3H3,(H,29,32)/t18-,19-. The first-order chi connectivity index (χ1) is 16.4. The topological polar surface area (TPSA) is 79.9 Å². The number of Topliss-reactive ketones (excluding diaryl/α,β-unsaturated/α-hetero) is 1. The second kappa shape index (κ2) is 9.14. The molecule has 3 aliphatic rings. The molecule has 1 aliphatic carbocycles. The van der Waals surface area contributed by atoms with Crippen molar-refractivity contribution in [3.05, 3.63) is 53.1 Å². The summed E-state index contributed by atoms with van der Waals surface area (Å²) in [5.74, 6) is 1.26. The van der Waals surface area contributed by atoms with E-state index >= 15 is 0 Å². The molecule has 0 radical (unpaired) electrons. The van der Waals surface area contributed by atoms with Crippen molar-refractivity contribution in [2.45, 2.75) is 51.1 Å². The van der Waals surface area contributed by atoms with Crippen LogP contribution in [0.2, 0.25) is 0 Å². The number of amides is 1. The number of ketones is 1. The van der Waals surface area contributed by atoms with Crippen molar-refractivity contribution in [2.75, 3.05) is 26.2 Å². The van der Waals surface area contributed by atoms with Crippen LogP contribution >= 0.6 is 0 Å². The van der Waals surface area contributed by atoms with Gasteiger partial charge in [0.05, 0.1) is 11.3 Å². The number of anilines is 1. The van der Waals surface area contributed by atoms with Crippen molar-refractivity contribution in [3.63, 3.8) is 0 Å². The lowest BCUT2D eigenvalue weighted by Crippen LogP contribution is -2.39. The third-order valence-corrected chi connectivity index (χ3v) is 7.09. The van der Waals surface area contributed by atoms with Gasteiger partial charge in [0.2, 0.25) is 6.79 Å². The SMILES string of the molecule is CCC(=O)c1ccc2c(c1)C(=C(N[C@H]1CC[C@H](N(C)C)CC1)c1ccc3c(c1)OCO3)C(=O)N2. The smallest absolute Gasteiger partial charge is 0.258 e. The first-order valence-corrected chi connectivity index (χ1v) is 12.0. The molecule has 0 saturated heterocycles. The fraction of sp³-hybridized carbons (Fsp3) is 0.407. The molecule has 2 aromatic carbocycles. The third-order valence-electron chi connectivity index (χ3n) is 7.09. The van der Waals surface area contributed by atoms with E-state index in [1.54, 1.807) is 6.07 Å². The van der Waals surface area contributed by atoms with E-state index in [0.717, 1.165) is 48.2 Å². The van der Waals surface area contributed by atoms with Crippen molar-refractivity contribution in [1.82, 2.24) is 10.2 Å². The third kappa shape index (κ3) is 4.16. The summed E-state index contributed by atoms with van der Waals surface area (Å²) in [6, 6.07) is 12.0. The maximum Gasteiger partial charge on any atom is 0.258 e. The second-order valence-electron chi connectivity index (χ2n) is 9.42. The van der Waals surface area contributed by atoms with Gasteiger partial charge in [-0.3, -0.25) is 9.59 Å². The molecule has 1 amide bonds. The lowest BCUT2D eigenvalue weighted by molar-refractivity contribution is -0.110. The van der Waals surface area contributed by atoms with Crippen molar-refractivity contribution in [1.29, 1.82) is 0 Å². The highest BCUT2D eigenvalue weighted by Gasteiger charge is 2.32. The molecule has 2 aliphatic heterocycles. The van der Waals surface area contributed by atoms with Gasteiger partial charge < -0.3 is 25.0 Å². The number of ether oxygens (including phenoxy) is 2. The molecule has 0 spiro atoms. The summed E-state index contributed by atoms with van der Waals surface area (Å²) in [5.41, 5.74) is 4.30. The predicted octanol–water partition coefficient (Wildman–Crippen LogP) is 4.29. The molecule has 7 heteroatoms. The quantitative estimate of drug-likeness (QED) is 0.494. The molecule has 2 N–H and O–H groups in total. The number of carbonyl (C=O) groups excluding carboxylic acids is 2. The lowest BCUT2D eigenvalue weighted by atomic mass is 9.89. The van der Waals surface area contributed by atoms with Gasteiger partial charge in [-0.05, 0) is 76.2 Å². The maximum absolute atomic E-state index is 13.3. The highest BCUT2D eigenvalue weighted by Crippen LogP contribution is 2.40. The minimum atomic E-state index is -0.168. The summed E-state index contributed by atoms with van der Waals surface area (Å²) in [6.07, 6.45) is 4.67. The summed E-state index contributed by atoms with van der Waals surface area (Å²) in [5, 5.41) is 6.70. The normalized spacial score (nSPS) is 22.4. The lowest BCUT2D eigenvalue weighted by Gasteiger charge is -2.34. The van der Waals surface area contributed by atoms with Crippen LogP contribution in [0.15, 0.2) is 36.4 Å². The molecule has 0 atom stereocenters. The zero-order valence-corrected chi connectivity index (χ0v) is 19.9. The molecule has 0 bridgehead atoms. The second-order valence-corrected chi connectivity index (χ2v) is 9.42. The van der Waals surface area contributed by atoms with Crippen LogP contribution < -0.4 is 20.1 Å². The average molecular weight is 462 g/mol. The maximum atomic E-state index is 13.3. The minimum Gasteiger partial charge on any atom is -0.454 e. The Morgan fingerprint density at radius 2 is 1.76 bits per heavy atom. The van der Waals surface area contributed by atoms with E-state index in [4.69, 9.17) is 9.47 Å². The van der Waals surface area contributed by atoms with Crippen LogP contribution in [0.5, 0.6) is 11.5 Å². The van der Waals surface area contributed by atoms with E-state index in [1.165, 1.54) is 0 Å². The van der Waals surface area contributed by atoms with Crippen LogP contribution in [0, 0.1) is 0 Å². The molecule has 2 heterocycles. The summed E-state index contributed by atoms with van der Waals surface area (Å²) in [7, 11) is 4.26. The number of nitrogens with zero attached hydrogens (tertiary/aromatic N) is 1. The Balaban J connectivity index is 1.57. The molecule has 2 aromatic rings. The Labute approximate surface area is 200 Å². The van der Waals surface area contributed by atoms with Crippen LogP contribution in [0.4, 0.5) is 5.69 Å². The van der Waals surface area contributed by atoms with Gasteiger partial charge in [0.15, 0.2) is 17.3 Å². The molecular formula is C27H31N3O4. The molecule has 5 rings (SSSR count). The highest BCUT2D eigenvalue weighted by atomic mass is 16.7. The van der Waals surface area contributed by atoms with Gasteiger partial charge in [-0.2, -0.15) is 0 Å². The number of fused-ring (bicyclic) bond motifs is 2. The van der Waals surface area contributed by atoms with Gasteiger partial charge in [-0.25, -0.2) is 0 Å². The van der Waals surface area contributed by atoms with Crippen molar-refractivity contribution in [2.24, 2.45) is 0 Å². The average Bonchev–Trinajstić information content (AvgIpc) is 3.44.